The lowest BCUT2D eigenvalue weighted by atomic mass is 10.2. The Bertz CT molecular complexity index is 810. The van der Waals surface area contributed by atoms with Crippen LogP contribution < -0.4 is 11.1 Å². The van der Waals surface area contributed by atoms with Crippen molar-refractivity contribution in [3.05, 3.63) is 66.0 Å². The zero-order chi connectivity index (χ0) is 15.5. The van der Waals surface area contributed by atoms with Crippen LogP contribution in [0.4, 0.5) is 11.5 Å². The van der Waals surface area contributed by atoms with Crippen molar-refractivity contribution < 1.29 is 4.79 Å². The number of hydrogen-bond acceptors (Lipinski definition) is 4. The highest BCUT2D eigenvalue weighted by Gasteiger charge is 2.16. The van der Waals surface area contributed by atoms with Crippen LogP contribution >= 0.6 is 0 Å². The summed E-state index contributed by atoms with van der Waals surface area (Å²) in [5.41, 5.74) is 8.11. The molecule has 3 N–H and O–H groups in total. The molecule has 0 radical (unpaired) electrons. The molecule has 1 amide bonds. The van der Waals surface area contributed by atoms with E-state index in [9.17, 15) is 4.79 Å². The van der Waals surface area contributed by atoms with E-state index in [0.29, 0.717) is 11.4 Å². The second-order valence-electron chi connectivity index (χ2n) is 4.87. The van der Waals surface area contributed by atoms with Gasteiger partial charge in [-0.2, -0.15) is 9.78 Å². The largest absolute Gasteiger partial charge is 0.383 e. The maximum absolute atomic E-state index is 12.3. The van der Waals surface area contributed by atoms with E-state index in [-0.39, 0.29) is 11.7 Å². The van der Waals surface area contributed by atoms with Gasteiger partial charge in [0.25, 0.3) is 5.91 Å². The second-order valence-corrected chi connectivity index (χ2v) is 4.87. The Morgan fingerprint density at radius 2 is 2.09 bits per heavy atom. The van der Waals surface area contributed by atoms with Gasteiger partial charge in [-0.3, -0.25) is 4.79 Å². The van der Waals surface area contributed by atoms with E-state index in [1.165, 1.54) is 10.9 Å². The lowest BCUT2D eigenvalue weighted by Crippen LogP contribution is -2.14. The normalized spacial score (nSPS) is 10.4. The topological polar surface area (TPSA) is 85.8 Å². The quantitative estimate of drug-likeness (QED) is 0.776. The standard InChI is InChI=1S/C16H15N5O/c1-11-5-4-6-12(9-11)20-16(22)13-10-19-21(15(13)17)14-7-2-3-8-18-14/h2-10H,17H2,1H3,(H,20,22). The van der Waals surface area contributed by atoms with E-state index in [1.54, 1.807) is 18.3 Å². The number of anilines is 2. The molecule has 0 unspecified atom stereocenters. The van der Waals surface area contributed by atoms with Gasteiger partial charge in [-0.15, -0.1) is 0 Å². The third-order valence-electron chi connectivity index (χ3n) is 3.19. The number of nitrogens with two attached hydrogens (primary N) is 1. The summed E-state index contributed by atoms with van der Waals surface area (Å²) in [6.45, 7) is 1.96. The first-order valence-electron chi connectivity index (χ1n) is 6.78. The maximum atomic E-state index is 12.3. The Labute approximate surface area is 127 Å². The first-order valence-corrected chi connectivity index (χ1v) is 6.78. The molecule has 0 spiro atoms. The number of amides is 1. The zero-order valence-electron chi connectivity index (χ0n) is 12.0. The number of nitrogens with one attached hydrogen (secondary N) is 1. The van der Waals surface area contributed by atoms with Crippen LogP contribution in [0.1, 0.15) is 15.9 Å². The first-order chi connectivity index (χ1) is 10.6. The number of aryl methyl sites for hydroxylation is 1. The number of rotatable bonds is 3. The summed E-state index contributed by atoms with van der Waals surface area (Å²) in [7, 11) is 0. The molecule has 0 aliphatic heterocycles. The molecule has 110 valence electrons. The number of hydrogen-bond donors (Lipinski definition) is 2. The van der Waals surface area contributed by atoms with Crippen molar-refractivity contribution in [3.63, 3.8) is 0 Å². The first kappa shape index (κ1) is 13.8. The summed E-state index contributed by atoms with van der Waals surface area (Å²) < 4.78 is 1.44. The molecule has 6 nitrogen and oxygen atoms in total. The number of carbonyl (C=O) groups excluding carboxylic acids is 1. The predicted molar refractivity (Wildman–Crippen MR) is 84.9 cm³/mol. The molecule has 3 rings (SSSR count). The molecule has 0 aliphatic rings. The van der Waals surface area contributed by atoms with Gasteiger partial charge in [-0.1, -0.05) is 18.2 Å². The molecule has 0 fully saturated rings. The zero-order valence-corrected chi connectivity index (χ0v) is 12.0. The van der Waals surface area contributed by atoms with Crippen molar-refractivity contribution in [1.29, 1.82) is 0 Å². The average Bonchev–Trinajstić information content (AvgIpc) is 2.90. The van der Waals surface area contributed by atoms with Gasteiger partial charge in [-0.05, 0) is 36.8 Å². The molecule has 0 aliphatic carbocycles. The third kappa shape index (κ3) is 2.67. The van der Waals surface area contributed by atoms with E-state index in [1.807, 2.05) is 37.3 Å². The second kappa shape index (κ2) is 5.69. The number of aromatic nitrogens is 3. The molecule has 1 aromatic carbocycles. The minimum atomic E-state index is -0.301. The predicted octanol–water partition coefficient (Wildman–Crippen LogP) is 2.41. The van der Waals surface area contributed by atoms with Crippen LogP contribution in [0.25, 0.3) is 5.82 Å². The van der Waals surface area contributed by atoms with Gasteiger partial charge in [0.2, 0.25) is 0 Å². The lowest BCUT2D eigenvalue weighted by Gasteiger charge is -2.06. The summed E-state index contributed by atoms with van der Waals surface area (Å²) in [5, 5.41) is 6.95. The molecule has 0 bridgehead atoms. The van der Waals surface area contributed by atoms with E-state index >= 15 is 0 Å². The van der Waals surface area contributed by atoms with Gasteiger partial charge < -0.3 is 11.1 Å². The van der Waals surface area contributed by atoms with Gasteiger partial charge in [0, 0.05) is 11.9 Å². The highest BCUT2D eigenvalue weighted by atomic mass is 16.1. The molecule has 6 heteroatoms. The monoisotopic (exact) mass is 293 g/mol. The van der Waals surface area contributed by atoms with Crippen molar-refractivity contribution in [3.8, 4) is 5.82 Å². The molecule has 3 aromatic rings. The van der Waals surface area contributed by atoms with Gasteiger partial charge in [0.15, 0.2) is 5.82 Å². The molecule has 0 saturated heterocycles. The number of pyridine rings is 1. The van der Waals surface area contributed by atoms with Crippen LogP contribution in [0.5, 0.6) is 0 Å². The molecule has 2 heterocycles. The van der Waals surface area contributed by atoms with Gasteiger partial charge in [0.05, 0.1) is 6.20 Å². The van der Waals surface area contributed by atoms with Crippen molar-refractivity contribution >= 4 is 17.4 Å². The van der Waals surface area contributed by atoms with Gasteiger partial charge in [0.1, 0.15) is 11.4 Å². The van der Waals surface area contributed by atoms with Crippen molar-refractivity contribution in [2.45, 2.75) is 6.92 Å². The molecular formula is C16H15N5O. The highest BCUT2D eigenvalue weighted by molar-refractivity contribution is 6.07. The fourth-order valence-corrected chi connectivity index (χ4v) is 2.12. The minimum absolute atomic E-state index is 0.254. The Morgan fingerprint density at radius 3 is 2.82 bits per heavy atom. The van der Waals surface area contributed by atoms with Gasteiger partial charge >= 0.3 is 0 Å². The average molecular weight is 293 g/mol. The Kier molecular flexibility index (Phi) is 3.57. The van der Waals surface area contributed by atoms with E-state index in [4.69, 9.17) is 5.73 Å². The Balaban J connectivity index is 1.87. The molecule has 0 saturated carbocycles. The van der Waals surface area contributed by atoms with Crippen LogP contribution in [0.15, 0.2) is 54.9 Å². The van der Waals surface area contributed by atoms with Crippen LogP contribution in [0.2, 0.25) is 0 Å². The van der Waals surface area contributed by atoms with Crippen LogP contribution in [0.3, 0.4) is 0 Å². The fourth-order valence-electron chi connectivity index (χ4n) is 2.12. The third-order valence-corrected chi connectivity index (χ3v) is 3.19. The summed E-state index contributed by atoms with van der Waals surface area (Å²) in [6, 6.07) is 13.0. The van der Waals surface area contributed by atoms with E-state index in [0.717, 1.165) is 11.3 Å². The van der Waals surface area contributed by atoms with E-state index in [2.05, 4.69) is 15.4 Å². The van der Waals surface area contributed by atoms with Crippen LogP contribution in [-0.2, 0) is 0 Å². The van der Waals surface area contributed by atoms with Crippen molar-refractivity contribution in [2.75, 3.05) is 11.1 Å². The molecule has 2 aromatic heterocycles. The lowest BCUT2D eigenvalue weighted by molar-refractivity contribution is 0.102. The summed E-state index contributed by atoms with van der Waals surface area (Å²) in [5.74, 6) is 0.517. The molecular weight excluding hydrogens is 278 g/mol. The van der Waals surface area contributed by atoms with Crippen LogP contribution in [0, 0.1) is 6.92 Å². The number of nitrogen functional groups attached to an aromatic ring is 1. The maximum Gasteiger partial charge on any atom is 0.261 e. The number of carbonyl (C=O) groups is 1. The van der Waals surface area contributed by atoms with Gasteiger partial charge in [-0.25, -0.2) is 4.98 Å². The molecule has 0 atom stereocenters. The SMILES string of the molecule is Cc1cccc(NC(=O)c2cnn(-c3ccccn3)c2N)c1. The number of nitrogens with zero attached hydrogens (tertiary/aromatic N) is 3. The summed E-state index contributed by atoms with van der Waals surface area (Å²) in [6.07, 6.45) is 3.08. The summed E-state index contributed by atoms with van der Waals surface area (Å²) >= 11 is 0. The Hall–Kier alpha value is -3.15. The Morgan fingerprint density at radius 1 is 1.23 bits per heavy atom. The minimum Gasteiger partial charge on any atom is -0.383 e. The van der Waals surface area contributed by atoms with Crippen molar-refractivity contribution in [1.82, 2.24) is 14.8 Å². The summed E-state index contributed by atoms with van der Waals surface area (Å²) in [4.78, 5) is 16.5. The van der Waals surface area contributed by atoms with Crippen molar-refractivity contribution in [2.24, 2.45) is 0 Å². The van der Waals surface area contributed by atoms with Crippen LogP contribution in [-0.4, -0.2) is 20.7 Å². The smallest absolute Gasteiger partial charge is 0.261 e. The fraction of sp³-hybridized carbons (Fsp3) is 0.0625. The highest BCUT2D eigenvalue weighted by Crippen LogP contribution is 2.18. The number of benzene rings is 1. The van der Waals surface area contributed by atoms with E-state index < -0.39 is 0 Å². The molecule has 22 heavy (non-hydrogen) atoms.